The van der Waals surface area contributed by atoms with Crippen molar-refractivity contribution in [3.63, 3.8) is 0 Å². The summed E-state index contributed by atoms with van der Waals surface area (Å²) in [6.45, 7) is 1.04. The summed E-state index contributed by atoms with van der Waals surface area (Å²) in [7, 11) is 1.28. The fourth-order valence-electron chi connectivity index (χ4n) is 2.37. The number of ether oxygens (including phenoxy) is 1. The van der Waals surface area contributed by atoms with E-state index in [2.05, 4.69) is 0 Å². The third kappa shape index (κ3) is 3.85. The maximum atomic E-state index is 6.08. The minimum Gasteiger partial charge on any atom is -0.404 e. The lowest BCUT2D eigenvalue weighted by Crippen LogP contribution is -2.46. The van der Waals surface area contributed by atoms with Gasteiger partial charge in [-0.1, -0.05) is 59.1 Å². The third-order valence-corrected chi connectivity index (χ3v) is 4.90. The zero-order chi connectivity index (χ0) is 16.4. The molecule has 2 aromatic carbocycles. The zero-order valence-electron chi connectivity index (χ0n) is 12.4. The van der Waals surface area contributed by atoms with E-state index in [4.69, 9.17) is 48.8 Å². The van der Waals surface area contributed by atoms with Crippen molar-refractivity contribution in [1.82, 2.24) is 0 Å². The van der Waals surface area contributed by atoms with Crippen LogP contribution in [0.1, 0.15) is 0 Å². The third-order valence-electron chi connectivity index (χ3n) is 3.70. The summed E-state index contributed by atoms with van der Waals surface area (Å²) < 4.78 is 16.5. The average Bonchev–Trinajstić information content (AvgIpc) is 2.59. The Bertz CT molecular complexity index is 662. The molecule has 0 aliphatic carbocycles. The number of methoxy groups -OCH3 is 1. The van der Waals surface area contributed by atoms with Crippen molar-refractivity contribution in [2.24, 2.45) is 0 Å². The first-order chi connectivity index (χ1) is 11.1. The molecule has 1 aliphatic heterocycles. The Morgan fingerprint density at radius 1 is 0.957 bits per heavy atom. The predicted octanol–water partition coefficient (Wildman–Crippen LogP) is 4.07. The highest BCUT2D eigenvalue weighted by Gasteiger charge is 2.28. The fourth-order valence-corrected chi connectivity index (χ4v) is 2.97. The van der Waals surface area contributed by atoms with Crippen LogP contribution in [0.25, 0.3) is 11.1 Å². The van der Waals surface area contributed by atoms with E-state index in [-0.39, 0.29) is 13.2 Å². The summed E-state index contributed by atoms with van der Waals surface area (Å²) in [5.74, 6) is 0. The van der Waals surface area contributed by atoms with Gasteiger partial charge in [-0.2, -0.15) is 0 Å². The Labute approximate surface area is 150 Å². The van der Waals surface area contributed by atoms with E-state index in [1.54, 1.807) is 19.2 Å². The van der Waals surface area contributed by atoms with Gasteiger partial charge in [0.1, 0.15) is 6.10 Å². The second kappa shape index (κ2) is 7.43. The number of halogens is 3. The molecule has 1 aliphatic rings. The molecule has 3 nitrogen and oxygen atoms in total. The molecule has 7 heteroatoms. The summed E-state index contributed by atoms with van der Waals surface area (Å²) in [5.41, 5.74) is 2.84. The van der Waals surface area contributed by atoms with E-state index >= 15 is 0 Å². The van der Waals surface area contributed by atoms with Gasteiger partial charge in [-0.3, -0.25) is 0 Å². The van der Waals surface area contributed by atoms with Crippen LogP contribution < -0.4 is 5.46 Å². The smallest absolute Gasteiger partial charge is 0.404 e. The molecule has 0 spiro atoms. The van der Waals surface area contributed by atoms with Crippen LogP contribution in [0.15, 0.2) is 36.4 Å². The lowest BCUT2D eigenvalue weighted by atomic mass is 9.77. The Morgan fingerprint density at radius 2 is 1.52 bits per heavy atom. The van der Waals surface area contributed by atoms with Crippen molar-refractivity contribution < 1.29 is 14.0 Å². The normalized spacial score (nSPS) is 15.9. The van der Waals surface area contributed by atoms with Crippen molar-refractivity contribution in [2.75, 3.05) is 20.3 Å². The number of rotatable bonds is 3. The first-order valence-electron chi connectivity index (χ1n) is 7.09. The fraction of sp³-hybridized carbons (Fsp3) is 0.250. The van der Waals surface area contributed by atoms with Gasteiger partial charge in [-0.25, -0.2) is 0 Å². The van der Waals surface area contributed by atoms with Gasteiger partial charge in [0.2, 0.25) is 0 Å². The van der Waals surface area contributed by atoms with Crippen molar-refractivity contribution in [3.05, 3.63) is 51.5 Å². The average molecular weight is 371 g/mol. The van der Waals surface area contributed by atoms with Crippen LogP contribution in [0.4, 0.5) is 0 Å². The van der Waals surface area contributed by atoms with Gasteiger partial charge in [0.25, 0.3) is 0 Å². The molecule has 0 unspecified atom stereocenters. The highest BCUT2D eigenvalue weighted by molar-refractivity contribution is 6.61. The first kappa shape index (κ1) is 17.1. The van der Waals surface area contributed by atoms with Gasteiger partial charge >= 0.3 is 7.12 Å². The first-order valence-corrected chi connectivity index (χ1v) is 8.22. The lowest BCUT2D eigenvalue weighted by molar-refractivity contribution is -0.0186. The van der Waals surface area contributed by atoms with E-state index in [9.17, 15) is 0 Å². The van der Waals surface area contributed by atoms with Crippen LogP contribution in [-0.4, -0.2) is 33.5 Å². The van der Waals surface area contributed by atoms with Gasteiger partial charge in [-0.05, 0) is 28.7 Å². The molecule has 1 fully saturated rings. The van der Waals surface area contributed by atoms with Gasteiger partial charge in [0.15, 0.2) is 0 Å². The molecule has 0 bridgehead atoms. The largest absolute Gasteiger partial charge is 0.494 e. The van der Waals surface area contributed by atoms with E-state index < -0.39 is 0 Å². The monoisotopic (exact) mass is 370 g/mol. The quantitative estimate of drug-likeness (QED) is 0.601. The molecule has 0 amide bonds. The molecule has 1 saturated heterocycles. The molecule has 0 radical (unpaired) electrons. The van der Waals surface area contributed by atoms with Crippen molar-refractivity contribution >= 4 is 47.4 Å². The Hall–Kier alpha value is -0.745. The Kier molecular flexibility index (Phi) is 5.52. The zero-order valence-corrected chi connectivity index (χ0v) is 14.7. The van der Waals surface area contributed by atoms with Gasteiger partial charge in [0.05, 0.1) is 28.3 Å². The highest BCUT2D eigenvalue weighted by Crippen LogP contribution is 2.34. The number of hydrogen-bond acceptors (Lipinski definition) is 3. The maximum absolute atomic E-state index is 6.08. The van der Waals surface area contributed by atoms with E-state index in [1.807, 2.05) is 24.3 Å². The van der Waals surface area contributed by atoms with Crippen LogP contribution >= 0.6 is 34.8 Å². The van der Waals surface area contributed by atoms with Crippen LogP contribution in [0.2, 0.25) is 15.1 Å². The summed E-state index contributed by atoms with van der Waals surface area (Å²) in [6.07, 6.45) is -0.0103. The molecule has 2 aromatic rings. The van der Waals surface area contributed by atoms with E-state index in [0.29, 0.717) is 28.3 Å². The predicted molar refractivity (Wildman–Crippen MR) is 95.0 cm³/mol. The van der Waals surface area contributed by atoms with Gasteiger partial charge < -0.3 is 14.0 Å². The maximum Gasteiger partial charge on any atom is 0.494 e. The minimum atomic E-state index is -0.368. The number of benzene rings is 2. The molecular formula is C16H14BCl3O3. The molecule has 3 rings (SSSR count). The van der Waals surface area contributed by atoms with Crippen molar-refractivity contribution in [3.8, 4) is 11.1 Å². The molecule has 0 atom stereocenters. The summed E-state index contributed by atoms with van der Waals surface area (Å²) in [4.78, 5) is 0. The van der Waals surface area contributed by atoms with Crippen LogP contribution in [-0.2, 0) is 14.0 Å². The molecule has 120 valence electrons. The SMILES string of the molecule is COC1COB(c2ccc(-c3cc(Cl)c(Cl)c(Cl)c3)cc2)OC1. The lowest BCUT2D eigenvalue weighted by Gasteiger charge is -2.26. The Morgan fingerprint density at radius 3 is 2.04 bits per heavy atom. The van der Waals surface area contributed by atoms with E-state index in [0.717, 1.165) is 16.6 Å². The summed E-state index contributed by atoms with van der Waals surface area (Å²) >= 11 is 18.1. The van der Waals surface area contributed by atoms with Crippen LogP contribution in [0.3, 0.4) is 0 Å². The minimum absolute atomic E-state index is 0.0103. The number of hydrogen-bond donors (Lipinski definition) is 0. The second-order valence-corrected chi connectivity index (χ2v) is 6.42. The molecule has 23 heavy (non-hydrogen) atoms. The van der Waals surface area contributed by atoms with Gasteiger partial charge in [-0.15, -0.1) is 0 Å². The van der Waals surface area contributed by atoms with E-state index in [1.165, 1.54) is 0 Å². The topological polar surface area (TPSA) is 27.7 Å². The molecule has 0 saturated carbocycles. The van der Waals surface area contributed by atoms with Gasteiger partial charge in [0, 0.05) is 7.11 Å². The second-order valence-electron chi connectivity index (χ2n) is 5.23. The molecule has 0 N–H and O–H groups in total. The Balaban J connectivity index is 1.77. The van der Waals surface area contributed by atoms with Crippen molar-refractivity contribution in [2.45, 2.75) is 6.10 Å². The molecule has 0 aromatic heterocycles. The molecular weight excluding hydrogens is 357 g/mol. The molecule has 1 heterocycles. The highest BCUT2D eigenvalue weighted by atomic mass is 35.5. The van der Waals surface area contributed by atoms with Crippen molar-refractivity contribution in [1.29, 1.82) is 0 Å². The van der Waals surface area contributed by atoms with Crippen LogP contribution in [0.5, 0.6) is 0 Å². The standard InChI is InChI=1S/C16H14BCl3O3/c1-21-13-8-22-17(23-9-13)12-4-2-10(3-5-12)11-6-14(18)16(20)15(19)7-11/h2-7,13H,8-9H2,1H3. The summed E-state index contributed by atoms with van der Waals surface area (Å²) in [5, 5.41) is 1.23. The summed E-state index contributed by atoms with van der Waals surface area (Å²) in [6, 6.07) is 11.5. The van der Waals surface area contributed by atoms with Crippen LogP contribution in [0, 0.1) is 0 Å².